The molecule has 1 amide bonds. The number of aromatic nitrogens is 1. The van der Waals surface area contributed by atoms with E-state index in [4.69, 9.17) is 4.74 Å². The quantitative estimate of drug-likeness (QED) is 0.806. The van der Waals surface area contributed by atoms with Crippen molar-refractivity contribution in [2.45, 2.75) is 19.5 Å². The molecule has 0 saturated heterocycles. The lowest BCUT2D eigenvalue weighted by atomic mass is 10.2. The first-order chi connectivity index (χ1) is 11.8. The molecule has 1 aromatic heterocycles. The van der Waals surface area contributed by atoms with Crippen molar-refractivity contribution in [2.75, 3.05) is 17.7 Å². The SMILES string of the molecule is COc1ccc(N([C@@H](C)C(=O)NCc2ccncc2)S(C)(=O)=O)cc1. The predicted octanol–water partition coefficient (Wildman–Crippen LogP) is 1.56. The highest BCUT2D eigenvalue weighted by Gasteiger charge is 2.28. The van der Waals surface area contributed by atoms with E-state index in [2.05, 4.69) is 10.3 Å². The largest absolute Gasteiger partial charge is 0.497 e. The Morgan fingerprint density at radius 1 is 1.20 bits per heavy atom. The summed E-state index contributed by atoms with van der Waals surface area (Å²) in [5.74, 6) is 0.213. The van der Waals surface area contributed by atoms with Crippen LogP contribution in [-0.4, -0.2) is 38.7 Å². The lowest BCUT2D eigenvalue weighted by Gasteiger charge is -2.28. The number of methoxy groups -OCH3 is 1. The summed E-state index contributed by atoms with van der Waals surface area (Å²) in [6.45, 7) is 1.85. The molecule has 0 spiro atoms. The fourth-order valence-corrected chi connectivity index (χ4v) is 3.55. The van der Waals surface area contributed by atoms with Crippen molar-refractivity contribution in [3.05, 3.63) is 54.4 Å². The van der Waals surface area contributed by atoms with Gasteiger partial charge in [0.15, 0.2) is 0 Å². The number of pyridine rings is 1. The van der Waals surface area contributed by atoms with E-state index in [9.17, 15) is 13.2 Å². The van der Waals surface area contributed by atoms with E-state index in [0.29, 0.717) is 18.0 Å². The summed E-state index contributed by atoms with van der Waals surface area (Å²) in [7, 11) is -2.12. The molecular weight excluding hydrogens is 342 g/mol. The van der Waals surface area contributed by atoms with Crippen LogP contribution in [-0.2, 0) is 21.4 Å². The molecule has 1 aromatic carbocycles. The average Bonchev–Trinajstić information content (AvgIpc) is 2.60. The number of rotatable bonds is 7. The highest BCUT2D eigenvalue weighted by Crippen LogP contribution is 2.23. The van der Waals surface area contributed by atoms with Crippen LogP contribution in [0.25, 0.3) is 0 Å². The Labute approximate surface area is 147 Å². The van der Waals surface area contributed by atoms with E-state index < -0.39 is 22.0 Å². The first-order valence-electron chi connectivity index (χ1n) is 7.63. The normalized spacial score (nSPS) is 12.3. The van der Waals surface area contributed by atoms with Gasteiger partial charge >= 0.3 is 0 Å². The molecule has 0 radical (unpaired) electrons. The average molecular weight is 363 g/mol. The highest BCUT2D eigenvalue weighted by molar-refractivity contribution is 7.92. The summed E-state index contributed by atoms with van der Waals surface area (Å²) in [5, 5.41) is 2.75. The number of ether oxygens (including phenoxy) is 1. The maximum absolute atomic E-state index is 12.4. The van der Waals surface area contributed by atoms with Gasteiger partial charge < -0.3 is 10.1 Å². The number of carbonyl (C=O) groups is 1. The molecule has 0 aliphatic rings. The minimum absolute atomic E-state index is 0.298. The zero-order valence-corrected chi connectivity index (χ0v) is 15.2. The van der Waals surface area contributed by atoms with Gasteiger partial charge in [0.1, 0.15) is 11.8 Å². The van der Waals surface area contributed by atoms with Crippen molar-refractivity contribution >= 4 is 21.6 Å². The maximum atomic E-state index is 12.4. The summed E-state index contributed by atoms with van der Waals surface area (Å²) in [5.41, 5.74) is 1.28. The summed E-state index contributed by atoms with van der Waals surface area (Å²) in [4.78, 5) is 16.4. The molecule has 0 aliphatic heterocycles. The molecule has 8 heteroatoms. The van der Waals surface area contributed by atoms with Crippen LogP contribution in [0.5, 0.6) is 5.75 Å². The van der Waals surface area contributed by atoms with Gasteiger partial charge in [0.2, 0.25) is 15.9 Å². The third-order valence-electron chi connectivity index (χ3n) is 3.63. The Morgan fingerprint density at radius 2 is 1.80 bits per heavy atom. The predicted molar refractivity (Wildman–Crippen MR) is 95.9 cm³/mol. The van der Waals surface area contributed by atoms with E-state index in [1.807, 2.05) is 0 Å². The minimum Gasteiger partial charge on any atom is -0.497 e. The number of anilines is 1. The topological polar surface area (TPSA) is 88.6 Å². The van der Waals surface area contributed by atoms with E-state index >= 15 is 0 Å². The molecule has 25 heavy (non-hydrogen) atoms. The number of benzene rings is 1. The summed E-state index contributed by atoms with van der Waals surface area (Å²) in [6.07, 6.45) is 4.33. The summed E-state index contributed by atoms with van der Waals surface area (Å²) < 4.78 is 30.6. The molecule has 0 fully saturated rings. The van der Waals surface area contributed by atoms with Crippen molar-refractivity contribution in [3.63, 3.8) is 0 Å². The number of sulfonamides is 1. The third-order valence-corrected chi connectivity index (χ3v) is 4.87. The molecular formula is C17H21N3O4S. The zero-order valence-electron chi connectivity index (χ0n) is 14.3. The first kappa shape index (κ1) is 18.7. The molecule has 134 valence electrons. The first-order valence-corrected chi connectivity index (χ1v) is 9.48. The molecule has 2 rings (SSSR count). The van der Waals surface area contributed by atoms with Crippen LogP contribution in [0, 0.1) is 0 Å². The molecule has 2 aromatic rings. The molecule has 0 saturated carbocycles. The van der Waals surface area contributed by atoms with Gasteiger partial charge in [0, 0.05) is 18.9 Å². The number of hydrogen-bond acceptors (Lipinski definition) is 5. The van der Waals surface area contributed by atoms with Gasteiger partial charge in [-0.3, -0.25) is 14.1 Å². The maximum Gasteiger partial charge on any atom is 0.243 e. The van der Waals surface area contributed by atoms with Gasteiger partial charge in [-0.15, -0.1) is 0 Å². The van der Waals surface area contributed by atoms with E-state index in [1.54, 1.807) is 55.7 Å². The number of carbonyl (C=O) groups excluding carboxylic acids is 1. The number of amides is 1. The molecule has 0 bridgehead atoms. The van der Waals surface area contributed by atoms with Crippen molar-refractivity contribution in [1.82, 2.24) is 10.3 Å². The van der Waals surface area contributed by atoms with Crippen LogP contribution in [0.2, 0.25) is 0 Å². The Balaban J connectivity index is 2.17. The van der Waals surface area contributed by atoms with Crippen LogP contribution in [0.4, 0.5) is 5.69 Å². The lowest BCUT2D eigenvalue weighted by molar-refractivity contribution is -0.122. The van der Waals surface area contributed by atoms with E-state index in [1.165, 1.54) is 7.11 Å². The Morgan fingerprint density at radius 3 is 2.32 bits per heavy atom. The second-order valence-corrected chi connectivity index (χ2v) is 7.37. The van der Waals surface area contributed by atoms with Crippen LogP contribution >= 0.6 is 0 Å². The number of hydrogen-bond donors (Lipinski definition) is 1. The fraction of sp³-hybridized carbons (Fsp3) is 0.294. The van der Waals surface area contributed by atoms with Crippen molar-refractivity contribution in [3.8, 4) is 5.75 Å². The van der Waals surface area contributed by atoms with Crippen LogP contribution in [0.3, 0.4) is 0 Å². The van der Waals surface area contributed by atoms with Gasteiger partial charge in [-0.05, 0) is 48.9 Å². The monoisotopic (exact) mass is 363 g/mol. The van der Waals surface area contributed by atoms with E-state index in [0.717, 1.165) is 16.1 Å². The standard InChI is InChI=1S/C17H21N3O4S/c1-13(17(21)19-12-14-8-10-18-11-9-14)20(25(3,22)23)15-4-6-16(24-2)7-5-15/h4-11,13H,12H2,1-3H3,(H,19,21)/t13-/m0/s1. The van der Waals surface area contributed by atoms with Gasteiger partial charge in [-0.1, -0.05) is 0 Å². The summed E-state index contributed by atoms with van der Waals surface area (Å²) >= 11 is 0. The van der Waals surface area contributed by atoms with Gasteiger partial charge in [0.05, 0.1) is 19.1 Å². The molecule has 1 N–H and O–H groups in total. The van der Waals surface area contributed by atoms with Crippen molar-refractivity contribution in [1.29, 1.82) is 0 Å². The Bertz CT molecular complexity index is 808. The van der Waals surface area contributed by atoms with Crippen LogP contribution in [0.1, 0.15) is 12.5 Å². The van der Waals surface area contributed by atoms with Crippen LogP contribution < -0.4 is 14.4 Å². The summed E-state index contributed by atoms with van der Waals surface area (Å²) in [6, 6.07) is 9.17. The van der Waals surface area contributed by atoms with Gasteiger partial charge in [-0.25, -0.2) is 8.42 Å². The minimum atomic E-state index is -3.64. The number of nitrogens with one attached hydrogen (secondary N) is 1. The molecule has 7 nitrogen and oxygen atoms in total. The second-order valence-electron chi connectivity index (χ2n) is 5.51. The second kappa shape index (κ2) is 7.98. The van der Waals surface area contributed by atoms with Crippen molar-refractivity contribution in [2.24, 2.45) is 0 Å². The Hall–Kier alpha value is -2.61. The molecule has 1 atom stereocenters. The lowest BCUT2D eigenvalue weighted by Crippen LogP contribution is -2.47. The van der Waals surface area contributed by atoms with Crippen molar-refractivity contribution < 1.29 is 17.9 Å². The zero-order chi connectivity index (χ0) is 18.4. The van der Waals surface area contributed by atoms with E-state index in [-0.39, 0.29) is 0 Å². The third kappa shape index (κ3) is 4.93. The van der Waals surface area contributed by atoms with Crippen LogP contribution in [0.15, 0.2) is 48.8 Å². The fourth-order valence-electron chi connectivity index (χ4n) is 2.38. The van der Waals surface area contributed by atoms with Gasteiger partial charge in [-0.2, -0.15) is 0 Å². The smallest absolute Gasteiger partial charge is 0.243 e. The Kier molecular flexibility index (Phi) is 5.97. The highest BCUT2D eigenvalue weighted by atomic mass is 32.2. The molecule has 0 aliphatic carbocycles. The number of nitrogens with zero attached hydrogens (tertiary/aromatic N) is 2. The molecule has 1 heterocycles. The van der Waals surface area contributed by atoms with Gasteiger partial charge in [0.25, 0.3) is 0 Å². The molecule has 0 unspecified atom stereocenters.